The van der Waals surface area contributed by atoms with Crippen molar-refractivity contribution < 1.29 is 28.6 Å². The number of nitrogens with zero attached hydrogens (tertiary/aromatic N) is 1. The normalized spacial score (nSPS) is 18.5. The lowest BCUT2D eigenvalue weighted by Crippen LogP contribution is -2.50. The van der Waals surface area contributed by atoms with E-state index in [9.17, 15) is 19.1 Å². The Morgan fingerprint density at radius 2 is 1.84 bits per heavy atom. The van der Waals surface area contributed by atoms with Gasteiger partial charge in [-0.15, -0.1) is 0 Å². The smallest absolute Gasteiger partial charge is 0.321 e. The number of anilines is 1. The van der Waals surface area contributed by atoms with E-state index in [1.54, 1.807) is 31.4 Å². The highest BCUT2D eigenvalue weighted by Gasteiger charge is 2.29. The van der Waals surface area contributed by atoms with Crippen LogP contribution in [0.15, 0.2) is 48.5 Å². The number of urea groups is 1. The predicted molar refractivity (Wildman–Crippen MR) is 117 cm³/mol. The molecule has 2 aromatic carbocycles. The fourth-order valence-corrected chi connectivity index (χ4v) is 3.40. The number of hydrogen-bond donors (Lipinski definition) is 3. The van der Waals surface area contributed by atoms with Crippen molar-refractivity contribution in [3.05, 3.63) is 59.9 Å². The first-order chi connectivity index (χ1) is 15.5. The Morgan fingerprint density at radius 3 is 2.53 bits per heavy atom. The highest BCUT2D eigenvalue weighted by molar-refractivity contribution is 5.94. The van der Waals surface area contributed by atoms with Gasteiger partial charge in [-0.05, 0) is 61.4 Å². The van der Waals surface area contributed by atoms with Crippen molar-refractivity contribution in [2.75, 3.05) is 38.7 Å². The molecule has 9 heteroatoms. The topological polar surface area (TPSA) is 100 Å². The maximum atomic E-state index is 13.1. The van der Waals surface area contributed by atoms with Crippen LogP contribution < -0.4 is 15.4 Å². The number of carbonyl (C=O) groups is 2. The summed E-state index contributed by atoms with van der Waals surface area (Å²) in [6, 6.07) is 11.1. The van der Waals surface area contributed by atoms with Crippen LogP contribution in [0.4, 0.5) is 14.9 Å². The van der Waals surface area contributed by atoms with Gasteiger partial charge in [-0.2, -0.15) is 0 Å². The van der Waals surface area contributed by atoms with Gasteiger partial charge in [0.05, 0.1) is 18.8 Å². The zero-order valence-electron chi connectivity index (χ0n) is 17.9. The number of carbonyl (C=O) groups excluding carboxylic acids is 2. The predicted octanol–water partition coefficient (Wildman–Crippen LogP) is 2.64. The van der Waals surface area contributed by atoms with Crippen LogP contribution in [-0.2, 0) is 4.74 Å². The standard InChI is InChI=1S/C23H28FN3O5/c1-31-13-14-32-19-10-4-16(5-11-19)22(29)26-20-15-27(12-2-3-21(20)28)23(30)25-18-8-6-17(24)7-9-18/h4-11,20-21,28H,2-3,12-15H2,1H3,(H,25,30)(H,26,29). The van der Waals surface area contributed by atoms with Gasteiger partial charge in [-0.1, -0.05) is 0 Å². The number of ether oxygens (including phenoxy) is 2. The highest BCUT2D eigenvalue weighted by Crippen LogP contribution is 2.16. The summed E-state index contributed by atoms with van der Waals surface area (Å²) in [4.78, 5) is 26.9. The van der Waals surface area contributed by atoms with Crippen molar-refractivity contribution in [1.82, 2.24) is 10.2 Å². The Bertz CT molecular complexity index is 892. The van der Waals surface area contributed by atoms with Crippen LogP contribution in [0, 0.1) is 5.82 Å². The zero-order valence-corrected chi connectivity index (χ0v) is 17.9. The molecule has 2 atom stereocenters. The van der Waals surface area contributed by atoms with Gasteiger partial charge < -0.3 is 30.1 Å². The van der Waals surface area contributed by atoms with Gasteiger partial charge in [0.2, 0.25) is 0 Å². The molecule has 3 N–H and O–H groups in total. The summed E-state index contributed by atoms with van der Waals surface area (Å²) in [5.74, 6) is -0.117. The summed E-state index contributed by atoms with van der Waals surface area (Å²) in [6.07, 6.45) is 0.273. The molecule has 1 fully saturated rings. The maximum absolute atomic E-state index is 13.1. The molecule has 0 radical (unpaired) electrons. The van der Waals surface area contributed by atoms with Gasteiger partial charge in [0.15, 0.2) is 0 Å². The van der Waals surface area contributed by atoms with Crippen molar-refractivity contribution in [2.45, 2.75) is 25.0 Å². The van der Waals surface area contributed by atoms with E-state index in [1.165, 1.54) is 29.2 Å². The Kier molecular flexibility index (Phi) is 8.41. The minimum absolute atomic E-state index is 0.151. The third kappa shape index (κ3) is 6.66. The van der Waals surface area contributed by atoms with Crippen molar-refractivity contribution in [3.63, 3.8) is 0 Å². The summed E-state index contributed by atoms with van der Waals surface area (Å²) < 4.78 is 23.5. The third-order valence-corrected chi connectivity index (χ3v) is 5.18. The minimum atomic E-state index is -0.778. The molecular formula is C23H28FN3O5. The second-order valence-corrected chi connectivity index (χ2v) is 7.54. The van der Waals surface area contributed by atoms with Gasteiger partial charge in [0.1, 0.15) is 18.2 Å². The molecular weight excluding hydrogens is 417 g/mol. The van der Waals surface area contributed by atoms with Gasteiger partial charge >= 0.3 is 6.03 Å². The van der Waals surface area contributed by atoms with Gasteiger partial charge in [0, 0.05) is 31.5 Å². The second-order valence-electron chi connectivity index (χ2n) is 7.54. The molecule has 32 heavy (non-hydrogen) atoms. The molecule has 0 aromatic heterocycles. The number of aliphatic hydroxyl groups is 1. The van der Waals surface area contributed by atoms with E-state index >= 15 is 0 Å². The van der Waals surface area contributed by atoms with Crippen LogP contribution in [0.5, 0.6) is 5.75 Å². The molecule has 2 aromatic rings. The lowest BCUT2D eigenvalue weighted by Gasteiger charge is -2.27. The third-order valence-electron chi connectivity index (χ3n) is 5.18. The number of likely N-dealkylation sites (tertiary alicyclic amines) is 1. The van der Waals surface area contributed by atoms with Crippen LogP contribution in [0.2, 0.25) is 0 Å². The van der Waals surface area contributed by atoms with Crippen LogP contribution >= 0.6 is 0 Å². The molecule has 0 saturated carbocycles. The fraction of sp³-hybridized carbons (Fsp3) is 0.391. The number of methoxy groups -OCH3 is 1. The van der Waals surface area contributed by atoms with Gasteiger partial charge in [0.25, 0.3) is 5.91 Å². The molecule has 0 spiro atoms. The molecule has 2 unspecified atom stereocenters. The summed E-state index contributed by atoms with van der Waals surface area (Å²) in [7, 11) is 1.59. The molecule has 0 bridgehead atoms. The van der Waals surface area contributed by atoms with Crippen LogP contribution in [0.1, 0.15) is 23.2 Å². The van der Waals surface area contributed by atoms with E-state index < -0.39 is 18.0 Å². The Balaban J connectivity index is 1.59. The number of amides is 3. The monoisotopic (exact) mass is 445 g/mol. The van der Waals surface area contributed by atoms with E-state index in [1.807, 2.05) is 0 Å². The Hall–Kier alpha value is -3.17. The average Bonchev–Trinajstić information content (AvgIpc) is 2.97. The maximum Gasteiger partial charge on any atom is 0.321 e. The van der Waals surface area contributed by atoms with E-state index in [0.717, 1.165) is 0 Å². The first-order valence-electron chi connectivity index (χ1n) is 10.5. The SMILES string of the molecule is COCCOc1ccc(C(=O)NC2CN(C(=O)Nc3ccc(F)cc3)CCCC2O)cc1. The quantitative estimate of drug-likeness (QED) is 0.569. The number of benzene rings is 2. The number of halogens is 1. The van der Waals surface area contributed by atoms with Crippen LogP contribution in [0.25, 0.3) is 0 Å². The first-order valence-corrected chi connectivity index (χ1v) is 10.5. The molecule has 8 nitrogen and oxygen atoms in total. The molecule has 1 heterocycles. The largest absolute Gasteiger partial charge is 0.491 e. The van der Waals surface area contributed by atoms with Gasteiger partial charge in [-0.3, -0.25) is 4.79 Å². The fourth-order valence-electron chi connectivity index (χ4n) is 3.40. The lowest BCUT2D eigenvalue weighted by molar-refractivity contribution is 0.0811. The summed E-state index contributed by atoms with van der Waals surface area (Å²) in [5.41, 5.74) is 0.887. The average molecular weight is 445 g/mol. The first kappa shape index (κ1) is 23.5. The number of nitrogens with one attached hydrogen (secondary N) is 2. The van der Waals surface area contributed by atoms with E-state index in [4.69, 9.17) is 9.47 Å². The Morgan fingerprint density at radius 1 is 1.12 bits per heavy atom. The van der Waals surface area contributed by atoms with E-state index in [0.29, 0.717) is 49.6 Å². The van der Waals surface area contributed by atoms with Crippen molar-refractivity contribution in [2.24, 2.45) is 0 Å². The second kappa shape index (κ2) is 11.4. The number of hydrogen-bond acceptors (Lipinski definition) is 5. The van der Waals surface area contributed by atoms with Gasteiger partial charge in [-0.25, -0.2) is 9.18 Å². The van der Waals surface area contributed by atoms with Crippen molar-refractivity contribution in [1.29, 1.82) is 0 Å². The summed E-state index contributed by atoms with van der Waals surface area (Å²) >= 11 is 0. The molecule has 3 amide bonds. The minimum Gasteiger partial charge on any atom is -0.491 e. The number of rotatable bonds is 7. The lowest BCUT2D eigenvalue weighted by atomic mass is 10.1. The van der Waals surface area contributed by atoms with Crippen LogP contribution in [0.3, 0.4) is 0 Å². The molecule has 1 saturated heterocycles. The summed E-state index contributed by atoms with van der Waals surface area (Å²) in [6.45, 7) is 1.46. The molecule has 0 aliphatic carbocycles. The molecule has 172 valence electrons. The van der Waals surface area contributed by atoms with Crippen molar-refractivity contribution >= 4 is 17.6 Å². The number of aliphatic hydroxyl groups excluding tert-OH is 1. The summed E-state index contributed by atoms with van der Waals surface area (Å²) in [5, 5.41) is 16.0. The van der Waals surface area contributed by atoms with E-state index in [2.05, 4.69) is 10.6 Å². The highest BCUT2D eigenvalue weighted by atomic mass is 19.1. The zero-order chi connectivity index (χ0) is 22.9. The van der Waals surface area contributed by atoms with Crippen molar-refractivity contribution in [3.8, 4) is 5.75 Å². The molecule has 3 rings (SSSR count). The Labute approximate surface area is 186 Å². The van der Waals surface area contributed by atoms with Crippen LogP contribution in [-0.4, -0.2) is 67.5 Å². The molecule has 1 aliphatic heterocycles. The van der Waals surface area contributed by atoms with E-state index in [-0.39, 0.29) is 18.5 Å². The molecule has 1 aliphatic rings.